The zero-order valence-electron chi connectivity index (χ0n) is 13.0. The van der Waals surface area contributed by atoms with E-state index in [1.165, 1.54) is 0 Å². The molecule has 1 aromatic rings. The molecule has 0 atom stereocenters. The van der Waals surface area contributed by atoms with Crippen molar-refractivity contribution in [1.29, 1.82) is 0 Å². The van der Waals surface area contributed by atoms with Gasteiger partial charge in [0.15, 0.2) is 0 Å². The molecule has 1 aliphatic carbocycles. The van der Waals surface area contributed by atoms with Crippen molar-refractivity contribution in [1.82, 2.24) is 5.32 Å². The number of amides is 3. The Morgan fingerprint density at radius 1 is 1.17 bits per heavy atom. The van der Waals surface area contributed by atoms with Crippen LogP contribution >= 0.6 is 12.4 Å². The normalized spacial score (nSPS) is 19.7. The van der Waals surface area contributed by atoms with Crippen LogP contribution in [-0.2, 0) is 4.79 Å². The van der Waals surface area contributed by atoms with Crippen molar-refractivity contribution in [2.24, 2.45) is 5.73 Å². The maximum absolute atomic E-state index is 12.4. The summed E-state index contributed by atoms with van der Waals surface area (Å²) in [4.78, 5) is 25.7. The Balaban J connectivity index is 0.00000192. The molecule has 7 heteroatoms. The Kier molecular flexibility index (Phi) is 5.49. The fourth-order valence-corrected chi connectivity index (χ4v) is 3.11. The maximum Gasteiger partial charge on any atom is 0.321 e. The van der Waals surface area contributed by atoms with Crippen LogP contribution in [0.5, 0.6) is 0 Å². The first-order chi connectivity index (χ1) is 10.6. The number of urea groups is 1. The molecule has 1 saturated carbocycles. The number of anilines is 2. The van der Waals surface area contributed by atoms with Gasteiger partial charge in [0.05, 0.1) is 5.54 Å². The summed E-state index contributed by atoms with van der Waals surface area (Å²) in [6, 6.07) is 7.21. The van der Waals surface area contributed by atoms with Gasteiger partial charge in [0.1, 0.15) is 0 Å². The minimum Gasteiger partial charge on any atom is -0.336 e. The largest absolute Gasteiger partial charge is 0.336 e. The number of carbonyl (C=O) groups excluding carboxylic acids is 2. The van der Waals surface area contributed by atoms with E-state index in [-0.39, 0.29) is 24.3 Å². The number of halogens is 1. The van der Waals surface area contributed by atoms with Gasteiger partial charge >= 0.3 is 6.03 Å². The molecule has 0 radical (unpaired) electrons. The van der Waals surface area contributed by atoms with Gasteiger partial charge in [-0.15, -0.1) is 12.4 Å². The van der Waals surface area contributed by atoms with Crippen LogP contribution in [-0.4, -0.2) is 30.6 Å². The van der Waals surface area contributed by atoms with Crippen molar-refractivity contribution in [2.75, 3.05) is 23.3 Å². The molecule has 1 heterocycles. The average Bonchev–Trinajstić information content (AvgIpc) is 2.95. The molecule has 0 bridgehead atoms. The Bertz CT molecular complexity index is 570. The predicted molar refractivity (Wildman–Crippen MR) is 93.1 cm³/mol. The molecule has 2 aliphatic rings. The summed E-state index contributed by atoms with van der Waals surface area (Å²) >= 11 is 0. The molecular formula is C16H23ClN4O2. The average molecular weight is 339 g/mol. The van der Waals surface area contributed by atoms with Gasteiger partial charge in [-0.25, -0.2) is 4.79 Å². The Morgan fingerprint density at radius 3 is 2.39 bits per heavy atom. The molecule has 3 rings (SSSR count). The van der Waals surface area contributed by atoms with Crippen LogP contribution in [0.3, 0.4) is 0 Å². The van der Waals surface area contributed by atoms with E-state index >= 15 is 0 Å². The van der Waals surface area contributed by atoms with Gasteiger partial charge in [0.25, 0.3) is 0 Å². The lowest BCUT2D eigenvalue weighted by atomic mass is 9.82. The smallest absolute Gasteiger partial charge is 0.321 e. The Hall–Kier alpha value is -1.79. The lowest BCUT2D eigenvalue weighted by Crippen LogP contribution is -2.52. The summed E-state index contributed by atoms with van der Waals surface area (Å²) in [7, 11) is 0. The number of nitrogens with one attached hydrogen (secondary N) is 2. The third kappa shape index (κ3) is 3.76. The quantitative estimate of drug-likeness (QED) is 0.789. The molecule has 1 aliphatic heterocycles. The van der Waals surface area contributed by atoms with E-state index in [4.69, 9.17) is 5.73 Å². The molecular weight excluding hydrogens is 316 g/mol. The molecule has 2 fully saturated rings. The first kappa shape index (κ1) is 17.6. The molecule has 0 spiro atoms. The van der Waals surface area contributed by atoms with E-state index < -0.39 is 5.54 Å². The van der Waals surface area contributed by atoms with Crippen LogP contribution in [0.2, 0.25) is 0 Å². The summed E-state index contributed by atoms with van der Waals surface area (Å²) in [5, 5.41) is 5.66. The molecule has 6 nitrogen and oxygen atoms in total. The molecule has 126 valence electrons. The van der Waals surface area contributed by atoms with E-state index in [0.29, 0.717) is 18.8 Å². The second kappa shape index (κ2) is 7.19. The monoisotopic (exact) mass is 338 g/mol. The van der Waals surface area contributed by atoms with Crippen LogP contribution in [0.25, 0.3) is 0 Å². The van der Waals surface area contributed by atoms with Gasteiger partial charge in [-0.3, -0.25) is 9.69 Å². The van der Waals surface area contributed by atoms with Crippen molar-refractivity contribution in [3.05, 3.63) is 24.3 Å². The lowest BCUT2D eigenvalue weighted by molar-refractivity contribution is -0.122. The zero-order valence-corrected chi connectivity index (χ0v) is 13.8. The van der Waals surface area contributed by atoms with E-state index in [2.05, 4.69) is 10.6 Å². The van der Waals surface area contributed by atoms with Crippen LogP contribution < -0.4 is 21.3 Å². The SMILES string of the molecule is Cl.NC1(C(=O)Nc2ccc(N3CCNC3=O)cc2)CCCCC1. The van der Waals surface area contributed by atoms with Crippen molar-refractivity contribution >= 4 is 35.7 Å². The lowest BCUT2D eigenvalue weighted by Gasteiger charge is -2.31. The van der Waals surface area contributed by atoms with E-state index in [1.54, 1.807) is 4.90 Å². The number of carbonyl (C=O) groups is 2. The highest BCUT2D eigenvalue weighted by Crippen LogP contribution is 2.27. The van der Waals surface area contributed by atoms with E-state index in [9.17, 15) is 9.59 Å². The van der Waals surface area contributed by atoms with Crippen LogP contribution in [0.15, 0.2) is 24.3 Å². The standard InChI is InChI=1S/C16H22N4O2.ClH/c17-16(8-2-1-3-9-16)14(21)19-12-4-6-13(7-5-12)20-11-10-18-15(20)22;/h4-7H,1-3,8-11,17H2,(H,18,22)(H,19,21);1H. The Labute approximate surface area is 142 Å². The number of rotatable bonds is 3. The summed E-state index contributed by atoms with van der Waals surface area (Å²) in [5.41, 5.74) is 7.02. The molecule has 0 unspecified atom stereocenters. The van der Waals surface area contributed by atoms with Crippen LogP contribution in [0, 0.1) is 0 Å². The number of nitrogens with zero attached hydrogens (tertiary/aromatic N) is 1. The molecule has 3 amide bonds. The van der Waals surface area contributed by atoms with Gasteiger partial charge in [-0.05, 0) is 37.1 Å². The van der Waals surface area contributed by atoms with Gasteiger partial charge in [0.2, 0.25) is 5.91 Å². The minimum atomic E-state index is -0.744. The van der Waals surface area contributed by atoms with Gasteiger partial charge in [0, 0.05) is 24.5 Å². The fourth-order valence-electron chi connectivity index (χ4n) is 3.11. The minimum absolute atomic E-state index is 0. The summed E-state index contributed by atoms with van der Waals surface area (Å²) in [6.45, 7) is 1.32. The topological polar surface area (TPSA) is 87.5 Å². The highest BCUT2D eigenvalue weighted by molar-refractivity contribution is 5.98. The van der Waals surface area contributed by atoms with Crippen LogP contribution in [0.1, 0.15) is 32.1 Å². The number of hydrogen-bond donors (Lipinski definition) is 3. The molecule has 4 N–H and O–H groups in total. The van der Waals surface area contributed by atoms with Gasteiger partial charge in [-0.1, -0.05) is 19.3 Å². The molecule has 1 aromatic carbocycles. The number of hydrogen-bond acceptors (Lipinski definition) is 3. The van der Waals surface area contributed by atoms with Gasteiger partial charge in [-0.2, -0.15) is 0 Å². The van der Waals surface area contributed by atoms with Crippen LogP contribution in [0.4, 0.5) is 16.2 Å². The third-order valence-electron chi connectivity index (χ3n) is 4.49. The first-order valence-corrected chi connectivity index (χ1v) is 7.84. The summed E-state index contributed by atoms with van der Waals surface area (Å²) in [6.07, 6.45) is 4.65. The van der Waals surface area contributed by atoms with Crippen molar-refractivity contribution in [2.45, 2.75) is 37.6 Å². The van der Waals surface area contributed by atoms with Gasteiger partial charge < -0.3 is 16.4 Å². The molecule has 0 aromatic heterocycles. The summed E-state index contributed by atoms with van der Waals surface area (Å²) in [5.74, 6) is -0.112. The molecule has 23 heavy (non-hydrogen) atoms. The highest BCUT2D eigenvalue weighted by atomic mass is 35.5. The predicted octanol–water partition coefficient (Wildman–Crippen LogP) is 2.24. The first-order valence-electron chi connectivity index (χ1n) is 7.84. The number of benzene rings is 1. The second-order valence-electron chi connectivity index (χ2n) is 6.10. The van der Waals surface area contributed by atoms with Crippen molar-refractivity contribution < 1.29 is 9.59 Å². The number of nitrogens with two attached hydrogens (primary N) is 1. The third-order valence-corrected chi connectivity index (χ3v) is 4.49. The van der Waals surface area contributed by atoms with E-state index in [1.807, 2.05) is 24.3 Å². The fraction of sp³-hybridized carbons (Fsp3) is 0.500. The van der Waals surface area contributed by atoms with E-state index in [0.717, 1.165) is 37.8 Å². The zero-order chi connectivity index (χ0) is 15.6. The molecule has 1 saturated heterocycles. The highest BCUT2D eigenvalue weighted by Gasteiger charge is 2.35. The maximum atomic E-state index is 12.4. The second-order valence-corrected chi connectivity index (χ2v) is 6.10. The van der Waals surface area contributed by atoms with Crippen molar-refractivity contribution in [3.8, 4) is 0 Å². The summed E-state index contributed by atoms with van der Waals surface area (Å²) < 4.78 is 0. The van der Waals surface area contributed by atoms with Crippen molar-refractivity contribution in [3.63, 3.8) is 0 Å². The Morgan fingerprint density at radius 2 is 1.83 bits per heavy atom.